The summed E-state index contributed by atoms with van der Waals surface area (Å²) >= 11 is 0. The number of fused-ring (bicyclic) bond motifs is 1. The molecule has 188 valence electrons. The zero-order valence-corrected chi connectivity index (χ0v) is 21.0. The summed E-state index contributed by atoms with van der Waals surface area (Å²) in [4.78, 5) is 40.1. The lowest BCUT2D eigenvalue weighted by atomic mass is 10.1. The maximum Gasteiger partial charge on any atom is 0.269 e. The minimum absolute atomic E-state index is 0.0608. The molecule has 9 nitrogen and oxygen atoms in total. The monoisotopic (exact) mass is 501 g/mol. The second kappa shape index (κ2) is 11.4. The zero-order chi connectivity index (χ0) is 25.6. The third kappa shape index (κ3) is 5.82. The molecule has 1 aliphatic heterocycles. The molecular weight excluding hydrogens is 470 g/mol. The van der Waals surface area contributed by atoms with Crippen LogP contribution in [0.1, 0.15) is 49.0 Å². The van der Waals surface area contributed by atoms with Gasteiger partial charge in [-0.3, -0.25) is 14.4 Å². The number of amides is 3. The van der Waals surface area contributed by atoms with Gasteiger partial charge >= 0.3 is 0 Å². The Bertz CT molecular complexity index is 1200. The average Bonchev–Trinajstić information content (AvgIpc) is 3.05. The number of methoxy groups -OCH3 is 1. The smallest absolute Gasteiger partial charge is 0.269 e. The minimum atomic E-state index is -4.02. The Hall–Kier alpha value is -3.40. The molecule has 10 heteroatoms. The van der Waals surface area contributed by atoms with E-state index < -0.39 is 27.9 Å². The van der Waals surface area contributed by atoms with E-state index in [1.807, 2.05) is 13.0 Å². The molecule has 0 aliphatic carbocycles. The van der Waals surface area contributed by atoms with Gasteiger partial charge in [0.2, 0.25) is 11.8 Å². The molecule has 0 aromatic heterocycles. The number of hydrogen-bond acceptors (Lipinski definition) is 6. The highest BCUT2D eigenvalue weighted by Crippen LogP contribution is 2.30. The molecule has 1 N–H and O–H groups in total. The van der Waals surface area contributed by atoms with Crippen molar-refractivity contribution < 1.29 is 27.5 Å². The van der Waals surface area contributed by atoms with Crippen LogP contribution < -0.4 is 10.1 Å². The van der Waals surface area contributed by atoms with E-state index in [2.05, 4.69) is 5.32 Å². The molecule has 1 atom stereocenters. The van der Waals surface area contributed by atoms with E-state index in [1.54, 1.807) is 37.3 Å². The van der Waals surface area contributed by atoms with Crippen LogP contribution in [-0.4, -0.2) is 61.6 Å². The molecule has 1 heterocycles. The van der Waals surface area contributed by atoms with Gasteiger partial charge in [-0.2, -0.15) is 0 Å². The van der Waals surface area contributed by atoms with Crippen LogP contribution in [0.25, 0.3) is 0 Å². The second-order valence-electron chi connectivity index (χ2n) is 8.32. The predicted molar refractivity (Wildman–Crippen MR) is 130 cm³/mol. The fourth-order valence-corrected chi connectivity index (χ4v) is 5.45. The van der Waals surface area contributed by atoms with Crippen LogP contribution in [0.2, 0.25) is 0 Å². The molecular formula is C25H31N3O6S. The zero-order valence-electron chi connectivity index (χ0n) is 20.2. The number of ether oxygens (including phenoxy) is 1. The van der Waals surface area contributed by atoms with Gasteiger partial charge in [0.25, 0.3) is 15.9 Å². The number of carbonyl (C=O) groups excluding carboxylic acids is 3. The van der Waals surface area contributed by atoms with E-state index in [0.717, 1.165) is 22.7 Å². The maximum absolute atomic E-state index is 13.3. The van der Waals surface area contributed by atoms with E-state index in [0.29, 0.717) is 12.3 Å². The first kappa shape index (κ1) is 26.2. The lowest BCUT2D eigenvalue weighted by Gasteiger charge is -2.29. The Kier molecular flexibility index (Phi) is 8.50. The quantitative estimate of drug-likeness (QED) is 0.474. The van der Waals surface area contributed by atoms with Crippen LogP contribution in [0.5, 0.6) is 5.75 Å². The molecule has 0 bridgehead atoms. The molecule has 1 unspecified atom stereocenters. The van der Waals surface area contributed by atoms with Crippen molar-refractivity contribution in [1.82, 2.24) is 14.5 Å². The fraction of sp³-hybridized carbons (Fsp3) is 0.400. The standard InChI is InChI=1S/C25H31N3O6S/c1-4-5-14-26-24(30)18(2)27(17-19-9-8-10-20(16-19)34-3)23(29)13-15-28-25(31)21-11-6-7-12-22(21)35(28,32)33/h6-12,16,18H,4-5,13-15,17H2,1-3H3,(H,26,30). The van der Waals surface area contributed by atoms with Crippen LogP contribution in [0.3, 0.4) is 0 Å². The van der Waals surface area contributed by atoms with Crippen molar-refractivity contribution in [3.8, 4) is 5.75 Å². The van der Waals surface area contributed by atoms with Crippen molar-refractivity contribution in [2.24, 2.45) is 0 Å². The van der Waals surface area contributed by atoms with Gasteiger partial charge in [0.05, 0.1) is 12.7 Å². The molecule has 3 amide bonds. The van der Waals surface area contributed by atoms with Gasteiger partial charge < -0.3 is 15.0 Å². The third-order valence-corrected chi connectivity index (χ3v) is 7.77. The lowest BCUT2D eigenvalue weighted by molar-refractivity contribution is -0.140. The minimum Gasteiger partial charge on any atom is -0.497 e. The number of nitrogens with zero attached hydrogens (tertiary/aromatic N) is 2. The van der Waals surface area contributed by atoms with Crippen LogP contribution >= 0.6 is 0 Å². The van der Waals surface area contributed by atoms with Gasteiger partial charge in [0, 0.05) is 26.1 Å². The highest BCUT2D eigenvalue weighted by Gasteiger charge is 2.41. The Labute approximate surface area is 206 Å². The summed E-state index contributed by atoms with van der Waals surface area (Å²) in [5.41, 5.74) is 0.847. The molecule has 2 aromatic carbocycles. The first-order valence-electron chi connectivity index (χ1n) is 11.6. The first-order chi connectivity index (χ1) is 16.7. The van der Waals surface area contributed by atoms with E-state index in [1.165, 1.54) is 24.1 Å². The van der Waals surface area contributed by atoms with Crippen molar-refractivity contribution in [2.45, 2.75) is 50.6 Å². The number of unbranched alkanes of at least 4 members (excludes halogenated alkanes) is 1. The molecule has 0 fully saturated rings. The van der Waals surface area contributed by atoms with Gasteiger partial charge in [-0.1, -0.05) is 37.6 Å². The molecule has 0 spiro atoms. The molecule has 2 aromatic rings. The summed E-state index contributed by atoms with van der Waals surface area (Å²) < 4.78 is 31.6. The third-order valence-electron chi connectivity index (χ3n) is 5.92. The maximum atomic E-state index is 13.3. The largest absolute Gasteiger partial charge is 0.497 e. The van der Waals surface area contributed by atoms with Crippen LogP contribution in [0, 0.1) is 0 Å². The summed E-state index contributed by atoms with van der Waals surface area (Å²) in [5, 5.41) is 2.84. The molecule has 35 heavy (non-hydrogen) atoms. The van der Waals surface area contributed by atoms with E-state index in [-0.39, 0.29) is 35.9 Å². The summed E-state index contributed by atoms with van der Waals surface area (Å²) in [5.74, 6) is -0.781. The van der Waals surface area contributed by atoms with Crippen molar-refractivity contribution in [1.29, 1.82) is 0 Å². The molecule has 0 saturated heterocycles. The molecule has 0 radical (unpaired) electrons. The van der Waals surface area contributed by atoms with E-state index in [9.17, 15) is 22.8 Å². The number of carbonyl (C=O) groups is 3. The van der Waals surface area contributed by atoms with Crippen LogP contribution in [-0.2, 0) is 26.2 Å². The Morgan fingerprint density at radius 3 is 2.57 bits per heavy atom. The number of sulfonamides is 1. The second-order valence-corrected chi connectivity index (χ2v) is 10.2. The fourth-order valence-electron chi connectivity index (χ4n) is 3.88. The number of hydrogen-bond donors (Lipinski definition) is 1. The summed E-state index contributed by atoms with van der Waals surface area (Å²) in [7, 11) is -2.48. The highest BCUT2D eigenvalue weighted by molar-refractivity contribution is 7.90. The summed E-state index contributed by atoms with van der Waals surface area (Å²) in [6.07, 6.45) is 1.48. The van der Waals surface area contributed by atoms with Crippen LogP contribution in [0.4, 0.5) is 0 Å². The molecule has 3 rings (SSSR count). The number of benzene rings is 2. The first-order valence-corrected chi connectivity index (χ1v) is 13.0. The van der Waals surface area contributed by atoms with Gasteiger partial charge in [-0.25, -0.2) is 12.7 Å². The van der Waals surface area contributed by atoms with Crippen LogP contribution in [0.15, 0.2) is 53.4 Å². The normalized spacial score (nSPS) is 14.8. The Morgan fingerprint density at radius 2 is 1.89 bits per heavy atom. The predicted octanol–water partition coefficient (Wildman–Crippen LogP) is 2.56. The molecule has 0 saturated carbocycles. The summed E-state index contributed by atoms with van der Waals surface area (Å²) in [6.45, 7) is 3.96. The Morgan fingerprint density at radius 1 is 1.14 bits per heavy atom. The van der Waals surface area contributed by atoms with Crippen molar-refractivity contribution >= 4 is 27.7 Å². The van der Waals surface area contributed by atoms with Crippen molar-refractivity contribution in [3.05, 3.63) is 59.7 Å². The van der Waals surface area contributed by atoms with E-state index >= 15 is 0 Å². The topological polar surface area (TPSA) is 113 Å². The number of nitrogens with one attached hydrogen (secondary N) is 1. The van der Waals surface area contributed by atoms with Gasteiger partial charge in [-0.15, -0.1) is 0 Å². The summed E-state index contributed by atoms with van der Waals surface area (Å²) in [6, 6.07) is 12.3. The Balaban J connectivity index is 1.78. The van der Waals surface area contributed by atoms with Gasteiger partial charge in [0.15, 0.2) is 0 Å². The van der Waals surface area contributed by atoms with Crippen molar-refractivity contribution in [3.63, 3.8) is 0 Å². The highest BCUT2D eigenvalue weighted by atomic mass is 32.2. The SMILES string of the molecule is CCCCNC(=O)C(C)N(Cc1cccc(OC)c1)C(=O)CCN1C(=O)c2ccccc2S1(=O)=O. The van der Waals surface area contributed by atoms with Gasteiger partial charge in [0.1, 0.15) is 16.7 Å². The van der Waals surface area contributed by atoms with Crippen molar-refractivity contribution in [2.75, 3.05) is 20.2 Å². The number of rotatable bonds is 11. The molecule has 1 aliphatic rings. The van der Waals surface area contributed by atoms with E-state index in [4.69, 9.17) is 4.74 Å². The lowest BCUT2D eigenvalue weighted by Crippen LogP contribution is -2.48. The van der Waals surface area contributed by atoms with Gasteiger partial charge in [-0.05, 0) is 43.2 Å². The average molecular weight is 502 g/mol.